The molecule has 0 bridgehead atoms. The van der Waals surface area contributed by atoms with Gasteiger partial charge in [0, 0.05) is 25.5 Å². The topological polar surface area (TPSA) is 23.6 Å². The van der Waals surface area contributed by atoms with E-state index >= 15 is 0 Å². The SMILES string of the molecule is CN(C)Cc1ccc(SC(=O)N(C)C)cc1. The summed E-state index contributed by atoms with van der Waals surface area (Å²) in [4.78, 5) is 16.1. The molecular weight excluding hydrogens is 220 g/mol. The van der Waals surface area contributed by atoms with Gasteiger partial charge in [-0.05, 0) is 43.6 Å². The minimum absolute atomic E-state index is 0.0559. The molecular formula is C12H18N2OS. The third-order valence-corrected chi connectivity index (χ3v) is 3.04. The van der Waals surface area contributed by atoms with Gasteiger partial charge in [-0.3, -0.25) is 4.79 Å². The second-order valence-electron chi connectivity index (χ2n) is 4.14. The minimum atomic E-state index is 0.0559. The lowest BCUT2D eigenvalue weighted by Gasteiger charge is -2.11. The molecule has 0 fully saturated rings. The first-order chi connectivity index (χ1) is 7.49. The second-order valence-corrected chi connectivity index (χ2v) is 5.17. The summed E-state index contributed by atoms with van der Waals surface area (Å²) < 4.78 is 0. The van der Waals surface area contributed by atoms with Crippen LogP contribution in [0.2, 0.25) is 0 Å². The van der Waals surface area contributed by atoms with Crippen molar-refractivity contribution in [3.63, 3.8) is 0 Å². The van der Waals surface area contributed by atoms with Gasteiger partial charge in [0.1, 0.15) is 0 Å². The van der Waals surface area contributed by atoms with E-state index < -0.39 is 0 Å². The largest absolute Gasteiger partial charge is 0.339 e. The number of thioether (sulfide) groups is 1. The fraction of sp³-hybridized carbons (Fsp3) is 0.417. The normalized spacial score (nSPS) is 10.6. The molecule has 88 valence electrons. The summed E-state index contributed by atoms with van der Waals surface area (Å²) in [6, 6.07) is 8.10. The highest BCUT2D eigenvalue weighted by Crippen LogP contribution is 2.21. The maximum Gasteiger partial charge on any atom is 0.285 e. The van der Waals surface area contributed by atoms with Crippen LogP contribution in [-0.2, 0) is 6.54 Å². The van der Waals surface area contributed by atoms with E-state index in [0.717, 1.165) is 11.4 Å². The summed E-state index contributed by atoms with van der Waals surface area (Å²) >= 11 is 1.25. The molecule has 0 spiro atoms. The number of carbonyl (C=O) groups is 1. The third kappa shape index (κ3) is 4.24. The number of rotatable bonds is 3. The zero-order valence-corrected chi connectivity index (χ0v) is 11.0. The van der Waals surface area contributed by atoms with E-state index in [1.165, 1.54) is 17.3 Å². The molecule has 1 rings (SSSR count). The van der Waals surface area contributed by atoms with Crippen LogP contribution in [0, 0.1) is 0 Å². The highest BCUT2D eigenvalue weighted by molar-refractivity contribution is 8.13. The van der Waals surface area contributed by atoms with Gasteiger partial charge in [0.05, 0.1) is 0 Å². The quantitative estimate of drug-likeness (QED) is 0.756. The number of amides is 1. The van der Waals surface area contributed by atoms with Crippen molar-refractivity contribution < 1.29 is 4.79 Å². The van der Waals surface area contributed by atoms with Gasteiger partial charge < -0.3 is 9.80 Å². The first-order valence-electron chi connectivity index (χ1n) is 5.12. The Labute approximate surface area is 101 Å². The van der Waals surface area contributed by atoms with Crippen LogP contribution in [0.3, 0.4) is 0 Å². The third-order valence-electron chi connectivity index (χ3n) is 1.99. The molecule has 1 aromatic carbocycles. The lowest BCUT2D eigenvalue weighted by molar-refractivity contribution is 0.241. The average Bonchev–Trinajstić information content (AvgIpc) is 2.20. The van der Waals surface area contributed by atoms with Crippen LogP contribution in [0.15, 0.2) is 29.2 Å². The van der Waals surface area contributed by atoms with Gasteiger partial charge in [0.2, 0.25) is 0 Å². The van der Waals surface area contributed by atoms with E-state index in [1.54, 1.807) is 19.0 Å². The highest BCUT2D eigenvalue weighted by Gasteiger charge is 2.06. The predicted octanol–water partition coefficient (Wildman–Crippen LogP) is 2.52. The van der Waals surface area contributed by atoms with Crippen molar-refractivity contribution in [1.29, 1.82) is 0 Å². The van der Waals surface area contributed by atoms with Gasteiger partial charge >= 0.3 is 0 Å². The smallest absolute Gasteiger partial charge is 0.285 e. The molecule has 3 nitrogen and oxygen atoms in total. The Bertz CT molecular complexity index is 347. The lowest BCUT2D eigenvalue weighted by atomic mass is 10.2. The van der Waals surface area contributed by atoms with Gasteiger partial charge in [0.25, 0.3) is 5.24 Å². The molecule has 0 aromatic heterocycles. The molecule has 0 unspecified atom stereocenters. The zero-order valence-electron chi connectivity index (χ0n) is 10.2. The minimum Gasteiger partial charge on any atom is -0.339 e. The van der Waals surface area contributed by atoms with E-state index in [9.17, 15) is 4.79 Å². The number of carbonyl (C=O) groups excluding carboxylic acids is 1. The second kappa shape index (κ2) is 5.92. The monoisotopic (exact) mass is 238 g/mol. The van der Waals surface area contributed by atoms with Gasteiger partial charge in [-0.25, -0.2) is 0 Å². The first-order valence-corrected chi connectivity index (χ1v) is 5.93. The van der Waals surface area contributed by atoms with E-state index in [1.807, 2.05) is 26.2 Å². The Morgan fingerprint density at radius 1 is 1.12 bits per heavy atom. The zero-order chi connectivity index (χ0) is 12.1. The summed E-state index contributed by atoms with van der Waals surface area (Å²) in [5, 5.41) is 0.0559. The molecule has 0 radical (unpaired) electrons. The highest BCUT2D eigenvalue weighted by atomic mass is 32.2. The van der Waals surface area contributed by atoms with Crippen molar-refractivity contribution in [2.75, 3.05) is 28.2 Å². The number of hydrogen-bond acceptors (Lipinski definition) is 3. The molecule has 0 saturated carbocycles. The molecule has 0 heterocycles. The summed E-state index contributed by atoms with van der Waals surface area (Å²) in [6.07, 6.45) is 0. The molecule has 1 amide bonds. The standard InChI is InChI=1S/C12H18N2OS/c1-13(2)9-10-5-7-11(8-6-10)16-12(15)14(3)4/h5-8H,9H2,1-4H3. The predicted molar refractivity (Wildman–Crippen MR) is 68.8 cm³/mol. The molecule has 1 aromatic rings. The molecule has 0 aliphatic rings. The van der Waals surface area contributed by atoms with Crippen LogP contribution in [0.4, 0.5) is 4.79 Å². The lowest BCUT2D eigenvalue weighted by Crippen LogP contribution is -2.16. The van der Waals surface area contributed by atoms with Crippen LogP contribution in [0.5, 0.6) is 0 Å². The Morgan fingerprint density at radius 2 is 1.69 bits per heavy atom. The molecule has 0 atom stereocenters. The van der Waals surface area contributed by atoms with Crippen molar-refractivity contribution in [2.45, 2.75) is 11.4 Å². The van der Waals surface area contributed by atoms with Gasteiger partial charge in [-0.2, -0.15) is 0 Å². The fourth-order valence-electron chi connectivity index (χ4n) is 1.22. The number of hydrogen-bond donors (Lipinski definition) is 0. The van der Waals surface area contributed by atoms with Crippen LogP contribution in [-0.4, -0.2) is 43.2 Å². The van der Waals surface area contributed by atoms with Crippen LogP contribution in [0.1, 0.15) is 5.56 Å². The Kier molecular flexibility index (Phi) is 4.83. The molecule has 16 heavy (non-hydrogen) atoms. The summed E-state index contributed by atoms with van der Waals surface area (Å²) in [6.45, 7) is 0.923. The molecule has 0 aliphatic heterocycles. The summed E-state index contributed by atoms with van der Waals surface area (Å²) in [7, 11) is 7.60. The van der Waals surface area contributed by atoms with Crippen LogP contribution >= 0.6 is 11.8 Å². The molecule has 0 aliphatic carbocycles. The van der Waals surface area contributed by atoms with Crippen molar-refractivity contribution >= 4 is 17.0 Å². The van der Waals surface area contributed by atoms with E-state index in [0.29, 0.717) is 0 Å². The van der Waals surface area contributed by atoms with Crippen molar-refractivity contribution in [2.24, 2.45) is 0 Å². The van der Waals surface area contributed by atoms with Gasteiger partial charge in [0.15, 0.2) is 0 Å². The van der Waals surface area contributed by atoms with Crippen molar-refractivity contribution in [1.82, 2.24) is 9.80 Å². The number of benzene rings is 1. The maximum absolute atomic E-state index is 11.5. The molecule has 4 heteroatoms. The first kappa shape index (κ1) is 13.1. The van der Waals surface area contributed by atoms with Gasteiger partial charge in [-0.1, -0.05) is 12.1 Å². The maximum atomic E-state index is 11.5. The Balaban J connectivity index is 2.61. The summed E-state index contributed by atoms with van der Waals surface area (Å²) in [5.74, 6) is 0. The van der Waals surface area contributed by atoms with Crippen LogP contribution in [0.25, 0.3) is 0 Å². The molecule has 0 saturated heterocycles. The van der Waals surface area contributed by atoms with E-state index in [4.69, 9.17) is 0 Å². The molecule has 0 N–H and O–H groups in total. The fourth-order valence-corrected chi connectivity index (χ4v) is 1.88. The summed E-state index contributed by atoms with van der Waals surface area (Å²) in [5.41, 5.74) is 1.26. The Hall–Kier alpha value is -1.00. The van der Waals surface area contributed by atoms with Crippen molar-refractivity contribution in [3.8, 4) is 0 Å². The van der Waals surface area contributed by atoms with E-state index in [2.05, 4.69) is 17.0 Å². The van der Waals surface area contributed by atoms with Crippen LogP contribution < -0.4 is 0 Å². The Morgan fingerprint density at radius 3 is 2.12 bits per heavy atom. The average molecular weight is 238 g/mol. The van der Waals surface area contributed by atoms with E-state index in [-0.39, 0.29) is 5.24 Å². The van der Waals surface area contributed by atoms with Crippen molar-refractivity contribution in [3.05, 3.63) is 29.8 Å². The van der Waals surface area contributed by atoms with Gasteiger partial charge in [-0.15, -0.1) is 0 Å². The number of nitrogens with zero attached hydrogens (tertiary/aromatic N) is 2.